The summed E-state index contributed by atoms with van der Waals surface area (Å²) in [7, 11) is 0. The molecular formula is C14H10BrN3O4. The molecule has 2 aromatic carbocycles. The first-order valence-corrected chi connectivity index (χ1v) is 6.82. The third-order valence-electron chi connectivity index (χ3n) is 2.66. The van der Waals surface area contributed by atoms with Crippen molar-refractivity contribution in [1.29, 1.82) is 0 Å². The van der Waals surface area contributed by atoms with E-state index in [2.05, 4.69) is 21.1 Å². The number of oxime groups is 1. The lowest BCUT2D eigenvalue weighted by Crippen LogP contribution is -2.15. The number of hydrogen-bond acceptors (Lipinski definition) is 5. The van der Waals surface area contributed by atoms with Crippen LogP contribution in [0.15, 0.2) is 58.2 Å². The number of hydrogen-bond donors (Lipinski definition) is 1. The van der Waals surface area contributed by atoms with Crippen molar-refractivity contribution in [3.8, 4) is 0 Å². The number of halogens is 1. The Kier molecular flexibility index (Phi) is 4.84. The van der Waals surface area contributed by atoms with Crippen molar-refractivity contribution in [1.82, 2.24) is 0 Å². The fraction of sp³-hybridized carbons (Fsp3) is 0. The maximum Gasteiger partial charge on any atom is 0.365 e. The van der Waals surface area contributed by atoms with Gasteiger partial charge in [-0.1, -0.05) is 33.2 Å². The number of amidine groups is 1. The van der Waals surface area contributed by atoms with Crippen molar-refractivity contribution in [2.45, 2.75) is 0 Å². The SMILES string of the molecule is NC(=NOC(=O)c1ccc([N+](=O)[O-])cc1)c1cccc(Br)c1. The minimum Gasteiger partial charge on any atom is -0.380 e. The second-order valence-corrected chi connectivity index (χ2v) is 5.09. The molecule has 7 nitrogen and oxygen atoms in total. The van der Waals surface area contributed by atoms with Crippen LogP contribution in [0.25, 0.3) is 0 Å². The molecule has 0 spiro atoms. The van der Waals surface area contributed by atoms with Crippen molar-refractivity contribution in [3.63, 3.8) is 0 Å². The average molecular weight is 364 g/mol. The van der Waals surface area contributed by atoms with Crippen LogP contribution in [0, 0.1) is 10.1 Å². The van der Waals surface area contributed by atoms with E-state index in [-0.39, 0.29) is 17.1 Å². The smallest absolute Gasteiger partial charge is 0.365 e. The van der Waals surface area contributed by atoms with Crippen LogP contribution in [-0.2, 0) is 4.84 Å². The summed E-state index contributed by atoms with van der Waals surface area (Å²) in [5, 5.41) is 14.1. The molecule has 0 aromatic heterocycles. The van der Waals surface area contributed by atoms with Crippen LogP contribution in [0.5, 0.6) is 0 Å². The molecule has 0 amide bonds. The molecule has 2 N–H and O–H groups in total. The third-order valence-corrected chi connectivity index (χ3v) is 3.15. The Morgan fingerprint density at radius 3 is 2.45 bits per heavy atom. The van der Waals surface area contributed by atoms with Gasteiger partial charge in [0.05, 0.1) is 10.5 Å². The number of non-ortho nitro benzene ring substituents is 1. The fourth-order valence-corrected chi connectivity index (χ4v) is 1.96. The molecule has 0 radical (unpaired) electrons. The summed E-state index contributed by atoms with van der Waals surface area (Å²) < 4.78 is 0.810. The van der Waals surface area contributed by atoms with E-state index in [1.807, 2.05) is 6.07 Å². The lowest BCUT2D eigenvalue weighted by Gasteiger charge is -2.02. The zero-order valence-electron chi connectivity index (χ0n) is 11.1. The van der Waals surface area contributed by atoms with Crippen LogP contribution in [-0.4, -0.2) is 16.7 Å². The summed E-state index contributed by atoms with van der Waals surface area (Å²) in [4.78, 5) is 26.5. The number of rotatable bonds is 4. The normalized spacial score (nSPS) is 11.0. The predicted molar refractivity (Wildman–Crippen MR) is 83.4 cm³/mol. The standard InChI is InChI=1S/C14H10BrN3O4/c15-11-3-1-2-10(8-11)13(16)17-22-14(19)9-4-6-12(7-5-9)18(20)21/h1-8H,(H2,16,17). The van der Waals surface area contributed by atoms with E-state index in [1.165, 1.54) is 24.3 Å². The second kappa shape index (κ2) is 6.81. The predicted octanol–water partition coefficient (Wildman–Crippen LogP) is 2.83. The molecule has 22 heavy (non-hydrogen) atoms. The van der Waals surface area contributed by atoms with Gasteiger partial charge < -0.3 is 10.6 Å². The van der Waals surface area contributed by atoms with Gasteiger partial charge in [-0.3, -0.25) is 10.1 Å². The summed E-state index contributed by atoms with van der Waals surface area (Å²) in [6.07, 6.45) is 0. The van der Waals surface area contributed by atoms with Gasteiger partial charge in [-0.05, 0) is 24.3 Å². The maximum absolute atomic E-state index is 11.8. The highest BCUT2D eigenvalue weighted by atomic mass is 79.9. The number of benzene rings is 2. The van der Waals surface area contributed by atoms with Gasteiger partial charge in [0.1, 0.15) is 0 Å². The molecule has 0 saturated heterocycles. The molecule has 0 unspecified atom stereocenters. The van der Waals surface area contributed by atoms with Crippen molar-refractivity contribution < 1.29 is 14.6 Å². The van der Waals surface area contributed by atoms with Crippen LogP contribution in [0.2, 0.25) is 0 Å². The Morgan fingerprint density at radius 1 is 1.18 bits per heavy atom. The third kappa shape index (κ3) is 3.89. The molecular weight excluding hydrogens is 354 g/mol. The molecule has 0 fully saturated rings. The number of nitro groups is 1. The van der Waals surface area contributed by atoms with E-state index in [0.29, 0.717) is 5.56 Å². The number of nitrogens with zero attached hydrogens (tertiary/aromatic N) is 2. The highest BCUT2D eigenvalue weighted by Crippen LogP contribution is 2.14. The molecule has 0 atom stereocenters. The largest absolute Gasteiger partial charge is 0.380 e. The Labute approximate surface area is 133 Å². The van der Waals surface area contributed by atoms with Crippen molar-refractivity contribution >= 4 is 33.4 Å². The molecule has 8 heteroatoms. The van der Waals surface area contributed by atoms with Crippen LogP contribution in [0.1, 0.15) is 15.9 Å². The van der Waals surface area contributed by atoms with Crippen LogP contribution >= 0.6 is 15.9 Å². The molecule has 2 rings (SSSR count). The van der Waals surface area contributed by atoms with Crippen molar-refractivity contribution in [2.75, 3.05) is 0 Å². The Balaban J connectivity index is 2.08. The Bertz CT molecular complexity index is 744. The lowest BCUT2D eigenvalue weighted by atomic mass is 10.2. The zero-order valence-corrected chi connectivity index (χ0v) is 12.7. The number of nitrogens with two attached hydrogens (primary N) is 1. The zero-order chi connectivity index (χ0) is 16.1. The van der Waals surface area contributed by atoms with E-state index in [1.54, 1.807) is 18.2 Å². The second-order valence-electron chi connectivity index (χ2n) is 4.17. The van der Waals surface area contributed by atoms with Gasteiger partial charge in [-0.2, -0.15) is 0 Å². The number of nitro benzene ring substituents is 1. The van der Waals surface area contributed by atoms with Gasteiger partial charge in [-0.15, -0.1) is 0 Å². The monoisotopic (exact) mass is 363 g/mol. The molecule has 0 aliphatic carbocycles. The molecule has 0 heterocycles. The Hall–Kier alpha value is -2.74. The number of carbonyl (C=O) groups is 1. The molecule has 0 bridgehead atoms. The fourth-order valence-electron chi connectivity index (χ4n) is 1.56. The molecule has 0 aliphatic rings. The minimum atomic E-state index is -0.757. The van der Waals surface area contributed by atoms with Gasteiger partial charge in [0.15, 0.2) is 5.84 Å². The average Bonchev–Trinajstić information content (AvgIpc) is 2.52. The van der Waals surface area contributed by atoms with Gasteiger partial charge in [0.2, 0.25) is 0 Å². The Morgan fingerprint density at radius 2 is 1.86 bits per heavy atom. The molecule has 0 saturated carbocycles. The highest BCUT2D eigenvalue weighted by molar-refractivity contribution is 9.10. The first-order valence-electron chi connectivity index (χ1n) is 6.02. The van der Waals surface area contributed by atoms with E-state index in [4.69, 9.17) is 10.6 Å². The first-order chi connectivity index (χ1) is 10.5. The van der Waals surface area contributed by atoms with E-state index in [0.717, 1.165) is 4.47 Å². The van der Waals surface area contributed by atoms with Crippen LogP contribution < -0.4 is 5.73 Å². The van der Waals surface area contributed by atoms with Gasteiger partial charge in [0.25, 0.3) is 5.69 Å². The van der Waals surface area contributed by atoms with Crippen LogP contribution in [0.4, 0.5) is 5.69 Å². The lowest BCUT2D eigenvalue weighted by molar-refractivity contribution is -0.384. The summed E-state index contributed by atoms with van der Waals surface area (Å²) >= 11 is 3.29. The van der Waals surface area contributed by atoms with Gasteiger partial charge in [-0.25, -0.2) is 4.79 Å². The van der Waals surface area contributed by atoms with Crippen molar-refractivity contribution in [3.05, 3.63) is 74.2 Å². The van der Waals surface area contributed by atoms with Crippen molar-refractivity contribution in [2.24, 2.45) is 10.9 Å². The summed E-state index contributed by atoms with van der Waals surface area (Å²) in [6, 6.07) is 12.0. The van der Waals surface area contributed by atoms with Gasteiger partial charge >= 0.3 is 5.97 Å². The summed E-state index contributed by atoms with van der Waals surface area (Å²) in [6.45, 7) is 0. The molecule has 2 aromatic rings. The van der Waals surface area contributed by atoms with E-state index >= 15 is 0 Å². The quantitative estimate of drug-likeness (QED) is 0.295. The first kappa shape index (κ1) is 15.6. The minimum absolute atomic E-state index is 0.0385. The maximum atomic E-state index is 11.8. The van der Waals surface area contributed by atoms with E-state index < -0.39 is 10.9 Å². The summed E-state index contributed by atoms with van der Waals surface area (Å²) in [5.41, 5.74) is 6.32. The molecule has 112 valence electrons. The van der Waals surface area contributed by atoms with E-state index in [9.17, 15) is 14.9 Å². The summed E-state index contributed by atoms with van der Waals surface area (Å²) in [5.74, 6) is -0.718. The molecule has 0 aliphatic heterocycles. The highest BCUT2D eigenvalue weighted by Gasteiger charge is 2.11. The van der Waals surface area contributed by atoms with Crippen LogP contribution in [0.3, 0.4) is 0 Å². The number of carbonyl (C=O) groups excluding carboxylic acids is 1. The van der Waals surface area contributed by atoms with Gasteiger partial charge in [0, 0.05) is 22.2 Å². The topological polar surface area (TPSA) is 108 Å².